The topological polar surface area (TPSA) is 45.2 Å². The number of carbonyl (C=O) groups excluding carboxylic acids is 1. The molecular formula is C14H22Cl3N3O. The van der Waals surface area contributed by atoms with E-state index in [0.717, 1.165) is 39.0 Å². The van der Waals surface area contributed by atoms with Gasteiger partial charge in [-0.05, 0) is 37.9 Å². The van der Waals surface area contributed by atoms with E-state index >= 15 is 0 Å². The summed E-state index contributed by atoms with van der Waals surface area (Å²) in [6.07, 6.45) is 5.24. The molecule has 0 atom stereocenters. The average molecular weight is 355 g/mol. The third-order valence-electron chi connectivity index (χ3n) is 3.59. The van der Waals surface area contributed by atoms with Crippen LogP contribution in [0.5, 0.6) is 0 Å². The van der Waals surface area contributed by atoms with E-state index in [-0.39, 0.29) is 30.7 Å². The van der Waals surface area contributed by atoms with Gasteiger partial charge in [0.2, 0.25) is 0 Å². The highest BCUT2D eigenvalue weighted by Crippen LogP contribution is 2.21. The van der Waals surface area contributed by atoms with Gasteiger partial charge in [-0.25, -0.2) is 0 Å². The Bertz CT molecular complexity index is 437. The van der Waals surface area contributed by atoms with Gasteiger partial charge in [0.15, 0.2) is 0 Å². The number of halogens is 3. The minimum Gasteiger partial charge on any atom is -0.339 e. The molecule has 2 rings (SSSR count). The lowest BCUT2D eigenvalue weighted by Crippen LogP contribution is -2.40. The standard InChI is InChI=1S/C14H20ClN3O.2ClH/c1-2-16-9-11-4-7-18(8-5-11)14(19)12-3-6-17-10-13(12)15;;/h3,6,10-11,16H,2,4-5,7-9H2,1H3;2*1H. The van der Waals surface area contributed by atoms with Crippen LogP contribution in [0.25, 0.3) is 0 Å². The minimum atomic E-state index is 0. The molecule has 0 aliphatic carbocycles. The van der Waals surface area contributed by atoms with Gasteiger partial charge >= 0.3 is 0 Å². The molecule has 120 valence electrons. The number of likely N-dealkylation sites (tertiary alicyclic amines) is 1. The van der Waals surface area contributed by atoms with Crippen molar-refractivity contribution in [1.82, 2.24) is 15.2 Å². The first-order chi connectivity index (χ1) is 9.22. The van der Waals surface area contributed by atoms with Crippen molar-refractivity contribution in [2.24, 2.45) is 5.92 Å². The molecule has 1 aliphatic rings. The van der Waals surface area contributed by atoms with E-state index in [1.54, 1.807) is 12.3 Å². The maximum absolute atomic E-state index is 12.3. The van der Waals surface area contributed by atoms with Gasteiger partial charge in [0.1, 0.15) is 0 Å². The lowest BCUT2D eigenvalue weighted by atomic mass is 9.96. The van der Waals surface area contributed by atoms with Crippen molar-refractivity contribution in [1.29, 1.82) is 0 Å². The maximum Gasteiger partial charge on any atom is 0.255 e. The summed E-state index contributed by atoms with van der Waals surface area (Å²) in [5, 5.41) is 3.80. The van der Waals surface area contributed by atoms with E-state index in [4.69, 9.17) is 11.6 Å². The second-order valence-electron chi connectivity index (χ2n) is 4.90. The van der Waals surface area contributed by atoms with Crippen LogP contribution in [-0.2, 0) is 0 Å². The highest BCUT2D eigenvalue weighted by Gasteiger charge is 2.24. The molecular weight excluding hydrogens is 333 g/mol. The molecule has 21 heavy (non-hydrogen) atoms. The fraction of sp³-hybridized carbons (Fsp3) is 0.571. The summed E-state index contributed by atoms with van der Waals surface area (Å²) in [6, 6.07) is 1.69. The quantitative estimate of drug-likeness (QED) is 0.904. The Morgan fingerprint density at radius 2 is 2.10 bits per heavy atom. The summed E-state index contributed by atoms with van der Waals surface area (Å²) in [6.45, 7) is 5.80. The smallest absolute Gasteiger partial charge is 0.255 e. The highest BCUT2D eigenvalue weighted by atomic mass is 35.5. The zero-order valence-corrected chi connectivity index (χ0v) is 14.4. The number of hydrogen-bond acceptors (Lipinski definition) is 3. The van der Waals surface area contributed by atoms with E-state index < -0.39 is 0 Å². The lowest BCUT2D eigenvalue weighted by molar-refractivity contribution is 0.0690. The van der Waals surface area contributed by atoms with Crippen molar-refractivity contribution in [2.75, 3.05) is 26.2 Å². The Balaban J connectivity index is 0.00000200. The van der Waals surface area contributed by atoms with Crippen LogP contribution in [0.3, 0.4) is 0 Å². The first-order valence-corrected chi connectivity index (χ1v) is 7.19. The molecule has 1 fully saturated rings. The molecule has 0 aromatic carbocycles. The van der Waals surface area contributed by atoms with Crippen molar-refractivity contribution >= 4 is 42.3 Å². The summed E-state index contributed by atoms with van der Waals surface area (Å²) < 4.78 is 0. The molecule has 1 aromatic heterocycles. The predicted molar refractivity (Wildman–Crippen MR) is 90.9 cm³/mol. The van der Waals surface area contributed by atoms with Crippen LogP contribution in [-0.4, -0.2) is 42.0 Å². The molecule has 0 radical (unpaired) electrons. The van der Waals surface area contributed by atoms with Crippen molar-refractivity contribution in [3.8, 4) is 0 Å². The molecule has 1 aliphatic heterocycles. The van der Waals surface area contributed by atoms with Gasteiger partial charge in [-0.1, -0.05) is 18.5 Å². The second kappa shape index (κ2) is 10.2. The molecule has 0 bridgehead atoms. The van der Waals surface area contributed by atoms with Crippen LogP contribution in [0, 0.1) is 5.92 Å². The van der Waals surface area contributed by atoms with Gasteiger partial charge in [-0.15, -0.1) is 24.8 Å². The largest absolute Gasteiger partial charge is 0.339 e. The number of piperidine rings is 1. The van der Waals surface area contributed by atoms with E-state index in [1.165, 1.54) is 6.20 Å². The number of rotatable bonds is 4. The third kappa shape index (κ3) is 5.62. The summed E-state index contributed by atoms with van der Waals surface area (Å²) in [5.74, 6) is 0.700. The number of pyridine rings is 1. The highest BCUT2D eigenvalue weighted by molar-refractivity contribution is 6.33. The number of hydrogen-bond donors (Lipinski definition) is 1. The maximum atomic E-state index is 12.3. The Morgan fingerprint density at radius 3 is 2.67 bits per heavy atom. The zero-order valence-electron chi connectivity index (χ0n) is 12.0. The van der Waals surface area contributed by atoms with Crippen molar-refractivity contribution in [3.63, 3.8) is 0 Å². The third-order valence-corrected chi connectivity index (χ3v) is 3.89. The number of amides is 1. The molecule has 0 unspecified atom stereocenters. The monoisotopic (exact) mass is 353 g/mol. The molecule has 7 heteroatoms. The first kappa shape index (κ1) is 20.5. The number of carbonyl (C=O) groups is 1. The van der Waals surface area contributed by atoms with Crippen LogP contribution in [0.1, 0.15) is 30.1 Å². The van der Waals surface area contributed by atoms with Crippen LogP contribution in [0.4, 0.5) is 0 Å². The molecule has 2 heterocycles. The van der Waals surface area contributed by atoms with E-state index in [2.05, 4.69) is 17.2 Å². The Labute approximate surface area is 143 Å². The van der Waals surface area contributed by atoms with Gasteiger partial charge in [-0.2, -0.15) is 0 Å². The molecule has 1 N–H and O–H groups in total. The van der Waals surface area contributed by atoms with Crippen LogP contribution >= 0.6 is 36.4 Å². The molecule has 1 saturated heterocycles. The number of nitrogens with one attached hydrogen (secondary N) is 1. The van der Waals surface area contributed by atoms with E-state index in [9.17, 15) is 4.79 Å². The molecule has 0 saturated carbocycles. The molecule has 4 nitrogen and oxygen atoms in total. The van der Waals surface area contributed by atoms with E-state index in [0.29, 0.717) is 16.5 Å². The Hall–Kier alpha value is -0.550. The number of nitrogens with zero attached hydrogens (tertiary/aromatic N) is 2. The lowest BCUT2D eigenvalue weighted by Gasteiger charge is -2.32. The summed E-state index contributed by atoms with van der Waals surface area (Å²) in [4.78, 5) is 18.1. The van der Waals surface area contributed by atoms with Gasteiger partial charge in [0, 0.05) is 25.5 Å². The van der Waals surface area contributed by atoms with Crippen LogP contribution in [0.15, 0.2) is 18.5 Å². The van der Waals surface area contributed by atoms with Gasteiger partial charge in [-0.3, -0.25) is 9.78 Å². The summed E-state index contributed by atoms with van der Waals surface area (Å²) in [7, 11) is 0. The fourth-order valence-electron chi connectivity index (χ4n) is 2.41. The van der Waals surface area contributed by atoms with Crippen molar-refractivity contribution < 1.29 is 4.79 Å². The SMILES string of the molecule is CCNCC1CCN(C(=O)c2ccncc2Cl)CC1.Cl.Cl. The minimum absolute atomic E-state index is 0. The van der Waals surface area contributed by atoms with Gasteiger partial charge < -0.3 is 10.2 Å². The van der Waals surface area contributed by atoms with Crippen LogP contribution in [0.2, 0.25) is 5.02 Å². The van der Waals surface area contributed by atoms with Gasteiger partial charge in [0.25, 0.3) is 5.91 Å². The van der Waals surface area contributed by atoms with Crippen molar-refractivity contribution in [3.05, 3.63) is 29.0 Å². The predicted octanol–water partition coefficient (Wildman–Crippen LogP) is 3.04. The average Bonchev–Trinajstić information content (AvgIpc) is 2.45. The molecule has 1 aromatic rings. The Morgan fingerprint density at radius 1 is 1.43 bits per heavy atom. The first-order valence-electron chi connectivity index (χ1n) is 6.82. The number of aromatic nitrogens is 1. The van der Waals surface area contributed by atoms with Gasteiger partial charge in [0.05, 0.1) is 10.6 Å². The molecule has 0 spiro atoms. The fourth-order valence-corrected chi connectivity index (χ4v) is 2.61. The zero-order chi connectivity index (χ0) is 13.7. The summed E-state index contributed by atoms with van der Waals surface area (Å²) in [5.41, 5.74) is 0.557. The van der Waals surface area contributed by atoms with E-state index in [1.807, 2.05) is 4.90 Å². The molecule has 1 amide bonds. The normalized spacial score (nSPS) is 15.0. The Kier molecular flexibility index (Phi) is 9.95. The second-order valence-corrected chi connectivity index (χ2v) is 5.31. The summed E-state index contributed by atoms with van der Waals surface area (Å²) >= 11 is 6.02. The van der Waals surface area contributed by atoms with Crippen molar-refractivity contribution in [2.45, 2.75) is 19.8 Å². The van der Waals surface area contributed by atoms with Crippen LogP contribution < -0.4 is 5.32 Å².